The van der Waals surface area contributed by atoms with Gasteiger partial charge in [0.15, 0.2) is 5.82 Å². The highest BCUT2D eigenvalue weighted by Crippen LogP contribution is 2.22. The van der Waals surface area contributed by atoms with Gasteiger partial charge < -0.3 is 10.1 Å². The zero-order valence-electron chi connectivity index (χ0n) is 16.5. The molecule has 0 aliphatic carbocycles. The number of halogens is 2. The van der Waals surface area contributed by atoms with Gasteiger partial charge >= 0.3 is 0 Å². The highest BCUT2D eigenvalue weighted by atomic mass is 19.1. The molecule has 0 atom stereocenters. The molecule has 0 saturated carbocycles. The molecule has 31 heavy (non-hydrogen) atoms. The Hall–Kier alpha value is -4.07. The SMILES string of the molecule is COc1ccc(-c2nc(NCc3ccc(F)cc3)n(C(=O)c3ccc(F)cc3)n2)cc1. The third-order valence-corrected chi connectivity index (χ3v) is 4.60. The molecule has 0 bridgehead atoms. The van der Waals surface area contributed by atoms with E-state index < -0.39 is 11.7 Å². The third kappa shape index (κ3) is 4.58. The molecule has 0 saturated heterocycles. The van der Waals surface area contributed by atoms with E-state index >= 15 is 0 Å². The van der Waals surface area contributed by atoms with Gasteiger partial charge in [-0.15, -0.1) is 5.10 Å². The monoisotopic (exact) mass is 420 g/mol. The minimum atomic E-state index is -0.464. The Bertz CT molecular complexity index is 1190. The number of methoxy groups -OCH3 is 1. The molecule has 0 fully saturated rings. The highest BCUT2D eigenvalue weighted by molar-refractivity contribution is 5.97. The van der Waals surface area contributed by atoms with Crippen molar-refractivity contribution in [3.8, 4) is 17.1 Å². The lowest BCUT2D eigenvalue weighted by molar-refractivity contribution is 0.0947. The average molecular weight is 420 g/mol. The molecular formula is C23H18F2N4O2. The predicted molar refractivity (Wildman–Crippen MR) is 112 cm³/mol. The van der Waals surface area contributed by atoms with E-state index in [1.807, 2.05) is 0 Å². The number of carbonyl (C=O) groups excluding carboxylic acids is 1. The van der Waals surface area contributed by atoms with Crippen LogP contribution in [0.1, 0.15) is 15.9 Å². The molecule has 0 aliphatic rings. The van der Waals surface area contributed by atoms with Gasteiger partial charge in [-0.3, -0.25) is 4.79 Å². The molecule has 0 unspecified atom stereocenters. The van der Waals surface area contributed by atoms with Crippen LogP contribution >= 0.6 is 0 Å². The van der Waals surface area contributed by atoms with Crippen molar-refractivity contribution < 1.29 is 18.3 Å². The summed E-state index contributed by atoms with van der Waals surface area (Å²) in [5.41, 5.74) is 1.75. The normalized spacial score (nSPS) is 10.7. The summed E-state index contributed by atoms with van der Waals surface area (Å²) in [5.74, 6) is -0.0118. The molecule has 4 aromatic rings. The molecule has 0 spiro atoms. The van der Waals surface area contributed by atoms with Crippen LogP contribution in [0.2, 0.25) is 0 Å². The van der Waals surface area contributed by atoms with Crippen LogP contribution in [0.25, 0.3) is 11.4 Å². The Kier molecular flexibility index (Phi) is 5.70. The number of rotatable bonds is 6. The quantitative estimate of drug-likeness (QED) is 0.496. The second-order valence-electron chi connectivity index (χ2n) is 6.69. The summed E-state index contributed by atoms with van der Waals surface area (Å²) >= 11 is 0. The van der Waals surface area contributed by atoms with Gasteiger partial charge in [0, 0.05) is 17.7 Å². The molecule has 1 heterocycles. The van der Waals surface area contributed by atoms with Crippen LogP contribution in [0.3, 0.4) is 0 Å². The van der Waals surface area contributed by atoms with Gasteiger partial charge in [0.2, 0.25) is 5.95 Å². The molecule has 4 rings (SSSR count). The number of nitrogens with one attached hydrogen (secondary N) is 1. The van der Waals surface area contributed by atoms with E-state index in [-0.39, 0.29) is 17.3 Å². The molecule has 156 valence electrons. The van der Waals surface area contributed by atoms with Crippen molar-refractivity contribution in [2.45, 2.75) is 6.54 Å². The van der Waals surface area contributed by atoms with Crippen molar-refractivity contribution in [3.05, 3.63) is 95.6 Å². The number of hydrogen-bond acceptors (Lipinski definition) is 5. The van der Waals surface area contributed by atoms with Crippen LogP contribution in [0.5, 0.6) is 5.75 Å². The number of hydrogen-bond donors (Lipinski definition) is 1. The van der Waals surface area contributed by atoms with E-state index in [0.717, 1.165) is 10.2 Å². The third-order valence-electron chi connectivity index (χ3n) is 4.60. The molecular weight excluding hydrogens is 402 g/mol. The first-order valence-corrected chi connectivity index (χ1v) is 9.43. The first-order valence-electron chi connectivity index (χ1n) is 9.43. The minimum absolute atomic E-state index is 0.212. The summed E-state index contributed by atoms with van der Waals surface area (Å²) in [6.07, 6.45) is 0. The maximum absolute atomic E-state index is 13.3. The second-order valence-corrected chi connectivity index (χ2v) is 6.69. The summed E-state index contributed by atoms with van der Waals surface area (Å²) < 4.78 is 32.7. The molecule has 3 aromatic carbocycles. The molecule has 6 nitrogen and oxygen atoms in total. The van der Waals surface area contributed by atoms with Crippen molar-refractivity contribution in [2.24, 2.45) is 0 Å². The molecule has 0 aliphatic heterocycles. The topological polar surface area (TPSA) is 69.0 Å². The number of carbonyl (C=O) groups is 1. The number of nitrogens with zero attached hydrogens (tertiary/aromatic N) is 3. The van der Waals surface area contributed by atoms with Gasteiger partial charge in [-0.25, -0.2) is 8.78 Å². The van der Waals surface area contributed by atoms with Crippen LogP contribution in [0, 0.1) is 11.6 Å². The maximum atomic E-state index is 13.3. The summed E-state index contributed by atoms with van der Waals surface area (Å²) in [5, 5.41) is 7.43. The summed E-state index contributed by atoms with van der Waals surface area (Å²) in [4.78, 5) is 17.5. The Morgan fingerprint density at radius 3 is 2.16 bits per heavy atom. The van der Waals surface area contributed by atoms with Gasteiger partial charge in [0.25, 0.3) is 5.91 Å². The first kappa shape index (κ1) is 20.2. The van der Waals surface area contributed by atoms with E-state index in [1.165, 1.54) is 36.4 Å². The van der Waals surface area contributed by atoms with E-state index in [2.05, 4.69) is 15.4 Å². The summed E-state index contributed by atoms with van der Waals surface area (Å²) in [6.45, 7) is 0.303. The molecule has 0 amide bonds. The first-order chi connectivity index (χ1) is 15.0. The van der Waals surface area contributed by atoms with E-state index in [9.17, 15) is 13.6 Å². The van der Waals surface area contributed by atoms with Crippen molar-refractivity contribution in [2.75, 3.05) is 12.4 Å². The fourth-order valence-corrected chi connectivity index (χ4v) is 2.93. The molecule has 0 radical (unpaired) electrons. The maximum Gasteiger partial charge on any atom is 0.281 e. The van der Waals surface area contributed by atoms with Gasteiger partial charge in [-0.2, -0.15) is 9.67 Å². The molecule has 1 aromatic heterocycles. The second kappa shape index (κ2) is 8.74. The van der Waals surface area contributed by atoms with Crippen LogP contribution in [-0.4, -0.2) is 27.8 Å². The smallest absolute Gasteiger partial charge is 0.281 e. The highest BCUT2D eigenvalue weighted by Gasteiger charge is 2.19. The number of benzene rings is 3. The number of ether oxygens (including phenoxy) is 1. The Morgan fingerprint density at radius 2 is 1.55 bits per heavy atom. The van der Waals surface area contributed by atoms with Gasteiger partial charge in [-0.1, -0.05) is 12.1 Å². The molecule has 8 heteroatoms. The van der Waals surface area contributed by atoms with Crippen molar-refractivity contribution in [1.29, 1.82) is 0 Å². The van der Waals surface area contributed by atoms with Crippen LogP contribution in [0.15, 0.2) is 72.8 Å². The summed E-state index contributed by atoms with van der Waals surface area (Å²) in [6, 6.07) is 18.3. The number of aromatic nitrogens is 3. The van der Waals surface area contributed by atoms with Crippen molar-refractivity contribution in [1.82, 2.24) is 14.8 Å². The molecule has 1 N–H and O–H groups in total. The zero-order valence-corrected chi connectivity index (χ0v) is 16.5. The lowest BCUT2D eigenvalue weighted by atomic mass is 10.2. The van der Waals surface area contributed by atoms with Crippen LogP contribution in [0.4, 0.5) is 14.7 Å². The van der Waals surface area contributed by atoms with Crippen molar-refractivity contribution in [3.63, 3.8) is 0 Å². The van der Waals surface area contributed by atoms with Crippen LogP contribution in [-0.2, 0) is 6.54 Å². The Morgan fingerprint density at radius 1 is 0.935 bits per heavy atom. The lowest BCUT2D eigenvalue weighted by Gasteiger charge is -2.07. The van der Waals surface area contributed by atoms with E-state index in [1.54, 1.807) is 43.5 Å². The Balaban J connectivity index is 1.67. The number of anilines is 1. The fraction of sp³-hybridized carbons (Fsp3) is 0.0870. The van der Waals surface area contributed by atoms with Crippen LogP contribution < -0.4 is 10.1 Å². The standard InChI is InChI=1S/C23H18F2N4O2/c1-31-20-12-6-16(7-13-20)21-27-23(26-14-15-2-8-18(24)9-3-15)29(28-21)22(30)17-4-10-19(25)11-5-17/h2-13H,14H2,1H3,(H,26,27,28). The van der Waals surface area contributed by atoms with Gasteiger partial charge in [0.1, 0.15) is 17.4 Å². The van der Waals surface area contributed by atoms with Gasteiger partial charge in [0.05, 0.1) is 7.11 Å². The van der Waals surface area contributed by atoms with E-state index in [4.69, 9.17) is 4.74 Å². The van der Waals surface area contributed by atoms with Gasteiger partial charge in [-0.05, 0) is 66.2 Å². The van der Waals surface area contributed by atoms with Crippen molar-refractivity contribution >= 4 is 11.9 Å². The largest absolute Gasteiger partial charge is 0.497 e. The zero-order chi connectivity index (χ0) is 21.8. The Labute approximate surface area is 177 Å². The van der Waals surface area contributed by atoms with E-state index in [0.29, 0.717) is 23.7 Å². The minimum Gasteiger partial charge on any atom is -0.497 e. The summed E-state index contributed by atoms with van der Waals surface area (Å²) in [7, 11) is 1.57. The average Bonchev–Trinajstić information content (AvgIpc) is 3.23. The predicted octanol–water partition coefficient (Wildman–Crippen LogP) is 4.53. The fourth-order valence-electron chi connectivity index (χ4n) is 2.93. The lowest BCUT2D eigenvalue weighted by Crippen LogP contribution is -2.17.